The number of hydrogen-bond acceptors (Lipinski definition) is 9. The highest BCUT2D eigenvalue weighted by Gasteiger charge is 2.30. The fourth-order valence-electron chi connectivity index (χ4n) is 2.71. The molecule has 0 unspecified atom stereocenters. The number of H-pyrrole nitrogens is 1. The summed E-state index contributed by atoms with van der Waals surface area (Å²) in [6, 6.07) is 0. The molecule has 0 aromatic carbocycles. The summed E-state index contributed by atoms with van der Waals surface area (Å²) < 4.78 is 17.2. The number of nitrogens with two attached hydrogens (primary N) is 1. The predicted molar refractivity (Wildman–Crippen MR) is 91.1 cm³/mol. The Kier molecular flexibility index (Phi) is 4.66. The van der Waals surface area contributed by atoms with Crippen LogP contribution in [0.3, 0.4) is 0 Å². The van der Waals surface area contributed by atoms with E-state index in [1.54, 1.807) is 0 Å². The molecule has 2 aromatic heterocycles. The van der Waals surface area contributed by atoms with E-state index in [4.69, 9.17) is 31.5 Å². The molecule has 0 fully saturated rings. The number of halogens is 1. The van der Waals surface area contributed by atoms with Gasteiger partial charge in [-0.2, -0.15) is 9.97 Å². The summed E-state index contributed by atoms with van der Waals surface area (Å²) in [7, 11) is 4.31. The number of allylic oxidation sites excluding steroid dienone is 1. The summed E-state index contributed by atoms with van der Waals surface area (Å²) in [5, 5.41) is 11.3. The molecule has 0 saturated heterocycles. The minimum Gasteiger partial charge on any atom is -0.495 e. The van der Waals surface area contributed by atoms with Crippen LogP contribution in [-0.2, 0) is 20.8 Å². The van der Waals surface area contributed by atoms with Gasteiger partial charge in [0.15, 0.2) is 22.3 Å². The van der Waals surface area contributed by atoms with Crippen LogP contribution < -0.4 is 11.4 Å². The molecule has 140 valence electrons. The van der Waals surface area contributed by atoms with Crippen LogP contribution in [-0.4, -0.2) is 57.7 Å². The molecule has 26 heavy (non-hydrogen) atoms. The normalized spacial score (nSPS) is 15.0. The molecule has 11 nitrogen and oxygen atoms in total. The van der Waals surface area contributed by atoms with Crippen molar-refractivity contribution in [1.29, 1.82) is 0 Å². The second-order valence-electron chi connectivity index (χ2n) is 5.29. The molecule has 0 atom stereocenters. The van der Waals surface area contributed by atoms with E-state index < -0.39 is 5.69 Å². The summed E-state index contributed by atoms with van der Waals surface area (Å²) >= 11 is 6.00. The zero-order valence-corrected chi connectivity index (χ0v) is 15.0. The highest BCUT2D eigenvalue weighted by molar-refractivity contribution is 6.33. The van der Waals surface area contributed by atoms with Crippen LogP contribution in [0.1, 0.15) is 0 Å². The fourth-order valence-corrected chi connectivity index (χ4v) is 2.93. The monoisotopic (exact) mass is 384 g/mol. The number of nitrogen functional groups attached to an aromatic ring is 1. The van der Waals surface area contributed by atoms with Gasteiger partial charge in [-0.05, 0) is 0 Å². The molecule has 0 amide bonds. The Morgan fingerprint density at radius 2 is 1.92 bits per heavy atom. The summed E-state index contributed by atoms with van der Waals surface area (Å²) in [6.45, 7) is -0.0774. The van der Waals surface area contributed by atoms with Gasteiger partial charge in [-0.3, -0.25) is 9.77 Å². The lowest BCUT2D eigenvalue weighted by molar-refractivity contribution is -0.0721. The Morgan fingerprint density at radius 1 is 1.23 bits per heavy atom. The van der Waals surface area contributed by atoms with Crippen molar-refractivity contribution in [2.24, 2.45) is 0 Å². The fraction of sp³-hybridized carbons (Fsp3) is 0.357. The standard InChI is InChI=1S/C14H17ClN6O5/c1-24-7-5-21(23)6(9(25-2)10(7)26-3)4-20-12-8(17-14(20)22)11(15)18-13(16)19-12/h23H,4-5H2,1-3H3,(H,17,22)(H2,16,18,19). The molecule has 0 spiro atoms. The first-order chi connectivity index (χ1) is 12.4. The van der Waals surface area contributed by atoms with Crippen LogP contribution in [0.15, 0.2) is 27.8 Å². The van der Waals surface area contributed by atoms with Crippen molar-refractivity contribution >= 4 is 28.7 Å². The smallest absolute Gasteiger partial charge is 0.328 e. The number of hydroxylamine groups is 2. The first-order valence-corrected chi connectivity index (χ1v) is 7.75. The van der Waals surface area contributed by atoms with E-state index >= 15 is 0 Å². The molecule has 1 aliphatic heterocycles. The van der Waals surface area contributed by atoms with Crippen molar-refractivity contribution in [2.75, 3.05) is 33.6 Å². The number of nitrogens with one attached hydrogen (secondary N) is 1. The Hall–Kier alpha value is -2.92. The molecule has 3 rings (SSSR count). The average Bonchev–Trinajstić information content (AvgIpc) is 2.92. The summed E-state index contributed by atoms with van der Waals surface area (Å²) in [6.07, 6.45) is 0. The van der Waals surface area contributed by atoms with Crippen molar-refractivity contribution in [3.8, 4) is 0 Å². The second kappa shape index (κ2) is 6.77. The van der Waals surface area contributed by atoms with E-state index in [1.165, 1.54) is 25.9 Å². The molecule has 0 bridgehead atoms. The molecule has 0 saturated carbocycles. The molecule has 3 heterocycles. The van der Waals surface area contributed by atoms with Crippen LogP contribution in [0.25, 0.3) is 11.2 Å². The van der Waals surface area contributed by atoms with Crippen molar-refractivity contribution in [3.05, 3.63) is 38.6 Å². The zero-order valence-electron chi connectivity index (χ0n) is 14.2. The quantitative estimate of drug-likeness (QED) is 0.625. The van der Waals surface area contributed by atoms with Gasteiger partial charge >= 0.3 is 5.69 Å². The maximum atomic E-state index is 12.4. The summed E-state index contributed by atoms with van der Waals surface area (Å²) in [4.78, 5) is 22.8. The highest BCUT2D eigenvalue weighted by atomic mass is 35.5. The van der Waals surface area contributed by atoms with Gasteiger partial charge in [0.2, 0.25) is 11.7 Å². The second-order valence-corrected chi connectivity index (χ2v) is 5.64. The number of imidazole rings is 1. The Labute approximate surface area is 152 Å². The number of methoxy groups -OCH3 is 3. The van der Waals surface area contributed by atoms with Gasteiger partial charge in [0.1, 0.15) is 17.8 Å². The topological polar surface area (TPSA) is 141 Å². The number of aromatic amines is 1. The van der Waals surface area contributed by atoms with Gasteiger partial charge in [-0.1, -0.05) is 11.6 Å². The van der Waals surface area contributed by atoms with Crippen molar-refractivity contribution < 1.29 is 19.4 Å². The lowest BCUT2D eigenvalue weighted by Gasteiger charge is -2.29. The van der Waals surface area contributed by atoms with Gasteiger partial charge in [0.25, 0.3) is 0 Å². The minimum atomic E-state index is -0.501. The van der Waals surface area contributed by atoms with Crippen LogP contribution in [0.5, 0.6) is 0 Å². The van der Waals surface area contributed by atoms with E-state index in [9.17, 15) is 10.0 Å². The van der Waals surface area contributed by atoms with Gasteiger partial charge in [-0.25, -0.2) is 9.86 Å². The molecule has 4 N–H and O–H groups in total. The first kappa shape index (κ1) is 17.9. The van der Waals surface area contributed by atoms with E-state index in [1.807, 2.05) is 0 Å². The number of fused-ring (bicyclic) bond motifs is 1. The molecule has 12 heteroatoms. The Balaban J connectivity index is 2.17. The molecule has 1 aliphatic rings. The van der Waals surface area contributed by atoms with Crippen LogP contribution in [0, 0.1) is 0 Å². The molecule has 2 aromatic rings. The van der Waals surface area contributed by atoms with Crippen molar-refractivity contribution in [3.63, 3.8) is 0 Å². The third-order valence-corrected chi connectivity index (χ3v) is 4.16. The van der Waals surface area contributed by atoms with Crippen LogP contribution in [0.2, 0.25) is 5.15 Å². The number of rotatable bonds is 5. The lowest BCUT2D eigenvalue weighted by atomic mass is 10.2. The van der Waals surface area contributed by atoms with Crippen LogP contribution >= 0.6 is 11.6 Å². The number of ether oxygens (including phenoxy) is 3. The minimum absolute atomic E-state index is 0.0108. The maximum Gasteiger partial charge on any atom is 0.328 e. The predicted octanol–water partition coefficient (Wildman–Crippen LogP) is 0.422. The number of nitrogens with zero attached hydrogens (tertiary/aromatic N) is 4. The SMILES string of the molecule is COC1=C(OC)C(OC)=C(Cn2c(=O)[nH]c3c(Cl)nc(N)nc32)N(O)C1. The lowest BCUT2D eigenvalue weighted by Crippen LogP contribution is -2.33. The van der Waals surface area contributed by atoms with Gasteiger partial charge < -0.3 is 24.9 Å². The van der Waals surface area contributed by atoms with Gasteiger partial charge in [-0.15, -0.1) is 0 Å². The van der Waals surface area contributed by atoms with Crippen molar-refractivity contribution in [1.82, 2.24) is 24.6 Å². The van der Waals surface area contributed by atoms with Crippen LogP contribution in [0.4, 0.5) is 5.95 Å². The van der Waals surface area contributed by atoms with Gasteiger partial charge in [0.05, 0.1) is 27.9 Å². The molecular weight excluding hydrogens is 368 g/mol. The molecular formula is C14H17ClN6O5. The van der Waals surface area contributed by atoms with E-state index in [-0.39, 0.29) is 46.8 Å². The third-order valence-electron chi connectivity index (χ3n) is 3.88. The first-order valence-electron chi connectivity index (χ1n) is 7.37. The number of aromatic nitrogens is 4. The summed E-state index contributed by atoms with van der Waals surface area (Å²) in [5.41, 5.74) is 5.82. The van der Waals surface area contributed by atoms with E-state index in [2.05, 4.69) is 15.0 Å². The Bertz CT molecular complexity index is 978. The summed E-state index contributed by atoms with van der Waals surface area (Å²) in [5.74, 6) is 0.819. The zero-order chi connectivity index (χ0) is 19.0. The largest absolute Gasteiger partial charge is 0.495 e. The van der Waals surface area contributed by atoms with Crippen molar-refractivity contribution in [2.45, 2.75) is 6.54 Å². The number of anilines is 1. The molecule has 0 radical (unpaired) electrons. The van der Waals surface area contributed by atoms with Gasteiger partial charge in [0, 0.05) is 0 Å². The average molecular weight is 385 g/mol. The molecule has 0 aliphatic carbocycles. The Morgan fingerprint density at radius 3 is 2.54 bits per heavy atom. The number of hydrogen-bond donors (Lipinski definition) is 3. The van der Waals surface area contributed by atoms with E-state index in [0.717, 1.165) is 5.06 Å². The highest BCUT2D eigenvalue weighted by Crippen LogP contribution is 2.29. The van der Waals surface area contributed by atoms with E-state index in [0.29, 0.717) is 11.5 Å². The maximum absolute atomic E-state index is 12.4. The third kappa shape index (κ3) is 2.80.